The molecule has 0 radical (unpaired) electrons. The second-order valence-electron chi connectivity index (χ2n) is 5.20. The highest BCUT2D eigenvalue weighted by Gasteiger charge is 2.17. The van der Waals surface area contributed by atoms with Crippen LogP contribution in [0.1, 0.15) is 12.8 Å². The second-order valence-corrected chi connectivity index (χ2v) is 5.20. The number of nitrogens with zero attached hydrogens (tertiary/aromatic N) is 4. The van der Waals surface area contributed by atoms with E-state index >= 15 is 0 Å². The van der Waals surface area contributed by atoms with Crippen molar-refractivity contribution in [2.45, 2.75) is 12.8 Å². The van der Waals surface area contributed by atoms with Gasteiger partial charge in [0.05, 0.1) is 0 Å². The molecule has 16 heavy (non-hydrogen) atoms. The lowest BCUT2D eigenvalue weighted by Gasteiger charge is -2.29. The molecule has 4 nitrogen and oxygen atoms in total. The summed E-state index contributed by atoms with van der Waals surface area (Å²) in [7, 11) is 10.4. The number of rotatable bonds is 2. The molecule has 4 heteroatoms. The molecule has 1 heterocycles. The van der Waals surface area contributed by atoms with E-state index in [0.29, 0.717) is 0 Å². The van der Waals surface area contributed by atoms with E-state index in [1.54, 1.807) is 0 Å². The van der Waals surface area contributed by atoms with Crippen LogP contribution in [0.25, 0.3) is 0 Å². The molecule has 1 aliphatic heterocycles. The summed E-state index contributed by atoms with van der Waals surface area (Å²) in [6.07, 6.45) is 2.64. The van der Waals surface area contributed by atoms with E-state index in [0.717, 1.165) is 18.4 Å². The number of hydrogen-bond acceptors (Lipinski definition) is 2. The van der Waals surface area contributed by atoms with Gasteiger partial charge >= 0.3 is 0 Å². The first-order valence-electron chi connectivity index (χ1n) is 6.08. The lowest BCUT2D eigenvalue weighted by molar-refractivity contribution is 0.214. The summed E-state index contributed by atoms with van der Waals surface area (Å²) in [6.45, 7) is 3.39. The first kappa shape index (κ1) is 13.3. The van der Waals surface area contributed by atoms with Crippen molar-refractivity contribution in [3.63, 3.8) is 0 Å². The predicted octanol–water partition coefficient (Wildman–Crippen LogP) is 0.807. The fourth-order valence-electron chi connectivity index (χ4n) is 2.32. The van der Waals surface area contributed by atoms with E-state index < -0.39 is 0 Å². The summed E-state index contributed by atoms with van der Waals surface area (Å²) in [6, 6.07) is 0. The molecule has 0 aromatic carbocycles. The van der Waals surface area contributed by atoms with E-state index in [9.17, 15) is 0 Å². The van der Waals surface area contributed by atoms with E-state index in [2.05, 4.69) is 21.7 Å². The van der Waals surface area contributed by atoms with Gasteiger partial charge in [0, 0.05) is 41.3 Å². The highest BCUT2D eigenvalue weighted by Crippen LogP contribution is 2.15. The fourth-order valence-corrected chi connectivity index (χ4v) is 2.32. The van der Waals surface area contributed by atoms with Crippen LogP contribution in [-0.2, 0) is 0 Å². The van der Waals surface area contributed by atoms with Gasteiger partial charge in [0.25, 0.3) is 0 Å². The molecule has 0 aromatic rings. The van der Waals surface area contributed by atoms with Crippen molar-refractivity contribution in [1.29, 1.82) is 0 Å². The Balaban J connectivity index is 2.49. The van der Waals surface area contributed by atoms with Crippen LogP contribution in [0.5, 0.6) is 0 Å². The van der Waals surface area contributed by atoms with E-state index in [1.807, 2.05) is 28.2 Å². The van der Waals surface area contributed by atoms with Gasteiger partial charge in [-0.1, -0.05) is 0 Å². The van der Waals surface area contributed by atoms with E-state index in [1.165, 1.54) is 25.9 Å². The van der Waals surface area contributed by atoms with Crippen LogP contribution in [0.15, 0.2) is 4.99 Å². The maximum Gasteiger partial charge on any atom is 0.195 e. The Hall–Kier alpha value is -0.770. The Bertz CT molecular complexity index is 225. The third kappa shape index (κ3) is 4.00. The van der Waals surface area contributed by atoms with E-state index in [-0.39, 0.29) is 0 Å². The zero-order chi connectivity index (χ0) is 12.1. The Morgan fingerprint density at radius 3 is 2.38 bits per heavy atom. The minimum Gasteiger partial charge on any atom is -0.349 e. The molecule has 1 fully saturated rings. The number of guanidine groups is 1. The Kier molecular flexibility index (Phi) is 5.06. The topological polar surface area (TPSA) is 22.1 Å². The molecule has 1 aliphatic rings. The molecular formula is C12H26N4. The minimum atomic E-state index is 0.730. The first-order chi connectivity index (χ1) is 7.50. The summed E-state index contributed by atoms with van der Waals surface area (Å²) < 4.78 is 0. The van der Waals surface area contributed by atoms with Crippen molar-refractivity contribution in [2.75, 3.05) is 54.9 Å². The lowest BCUT2D eigenvalue weighted by atomic mass is 9.99. The number of likely N-dealkylation sites (tertiary alicyclic amines) is 1. The van der Waals surface area contributed by atoms with Gasteiger partial charge in [-0.05, 0) is 32.4 Å². The van der Waals surface area contributed by atoms with Crippen LogP contribution in [-0.4, -0.2) is 75.5 Å². The Labute approximate surface area is 99.9 Å². The third-order valence-corrected chi connectivity index (χ3v) is 3.01. The van der Waals surface area contributed by atoms with Gasteiger partial charge in [-0.2, -0.15) is 0 Å². The zero-order valence-electron chi connectivity index (χ0n) is 11.4. The standard InChI is InChI=1S/C12H26N4/c1-14(2)12(15(3)4)13-9-11-7-6-8-16(5)10-11/h11H,6-10H2,1-5H3. The average Bonchev–Trinajstić information content (AvgIpc) is 2.16. The SMILES string of the molecule is CN1CCCC(CN=C(N(C)C)N(C)C)C1. The molecule has 1 saturated heterocycles. The predicted molar refractivity (Wildman–Crippen MR) is 69.9 cm³/mol. The molecule has 0 aromatic heterocycles. The molecule has 0 N–H and O–H groups in total. The second kappa shape index (κ2) is 6.09. The summed E-state index contributed by atoms with van der Waals surface area (Å²) in [4.78, 5) is 11.3. The van der Waals surface area contributed by atoms with Crippen molar-refractivity contribution >= 4 is 5.96 Å². The van der Waals surface area contributed by atoms with Crippen molar-refractivity contribution in [3.8, 4) is 0 Å². The molecule has 94 valence electrons. The van der Waals surface area contributed by atoms with Gasteiger partial charge in [-0.3, -0.25) is 4.99 Å². The van der Waals surface area contributed by atoms with Crippen molar-refractivity contribution in [3.05, 3.63) is 0 Å². The maximum absolute atomic E-state index is 4.72. The van der Waals surface area contributed by atoms with Gasteiger partial charge in [0.15, 0.2) is 5.96 Å². The summed E-state index contributed by atoms with van der Waals surface area (Å²) in [5.41, 5.74) is 0. The summed E-state index contributed by atoms with van der Waals surface area (Å²) in [5.74, 6) is 1.79. The van der Waals surface area contributed by atoms with Gasteiger partial charge in [0.1, 0.15) is 0 Å². The zero-order valence-corrected chi connectivity index (χ0v) is 11.4. The monoisotopic (exact) mass is 226 g/mol. The average molecular weight is 226 g/mol. The van der Waals surface area contributed by atoms with Crippen LogP contribution in [0.3, 0.4) is 0 Å². The van der Waals surface area contributed by atoms with E-state index in [4.69, 9.17) is 4.99 Å². The largest absolute Gasteiger partial charge is 0.349 e. The number of piperidine rings is 1. The Morgan fingerprint density at radius 1 is 1.25 bits per heavy atom. The highest BCUT2D eigenvalue weighted by atomic mass is 15.3. The van der Waals surface area contributed by atoms with Crippen LogP contribution < -0.4 is 0 Å². The fraction of sp³-hybridized carbons (Fsp3) is 0.917. The maximum atomic E-state index is 4.72. The first-order valence-corrected chi connectivity index (χ1v) is 6.08. The quantitative estimate of drug-likeness (QED) is 0.514. The molecule has 0 amide bonds. The third-order valence-electron chi connectivity index (χ3n) is 3.01. The van der Waals surface area contributed by atoms with Crippen molar-refractivity contribution in [1.82, 2.24) is 14.7 Å². The van der Waals surface area contributed by atoms with Crippen LogP contribution in [0.4, 0.5) is 0 Å². The van der Waals surface area contributed by atoms with Crippen LogP contribution in [0, 0.1) is 5.92 Å². The molecule has 1 atom stereocenters. The molecule has 0 saturated carbocycles. The summed E-state index contributed by atoms with van der Waals surface area (Å²) in [5, 5.41) is 0. The molecule has 0 aliphatic carbocycles. The van der Waals surface area contributed by atoms with Gasteiger partial charge in [-0.15, -0.1) is 0 Å². The molecule has 0 bridgehead atoms. The molecule has 1 rings (SSSR count). The number of aliphatic imine (C=N–C) groups is 1. The molecule has 0 spiro atoms. The number of hydrogen-bond donors (Lipinski definition) is 0. The van der Waals surface area contributed by atoms with Crippen LogP contribution in [0.2, 0.25) is 0 Å². The van der Waals surface area contributed by atoms with Gasteiger partial charge in [0.2, 0.25) is 0 Å². The Morgan fingerprint density at radius 2 is 1.88 bits per heavy atom. The molecule has 1 unspecified atom stereocenters. The highest BCUT2D eigenvalue weighted by molar-refractivity contribution is 5.79. The molecular weight excluding hydrogens is 200 g/mol. The smallest absolute Gasteiger partial charge is 0.195 e. The van der Waals surface area contributed by atoms with Gasteiger partial charge < -0.3 is 14.7 Å². The minimum absolute atomic E-state index is 0.730. The van der Waals surface area contributed by atoms with Crippen LogP contribution >= 0.6 is 0 Å². The summed E-state index contributed by atoms with van der Waals surface area (Å²) >= 11 is 0. The normalized spacial score (nSPS) is 21.7. The van der Waals surface area contributed by atoms with Crippen molar-refractivity contribution in [2.24, 2.45) is 10.9 Å². The van der Waals surface area contributed by atoms with Gasteiger partial charge in [-0.25, -0.2) is 0 Å². The lowest BCUT2D eigenvalue weighted by Crippen LogP contribution is -2.37. The van der Waals surface area contributed by atoms with Crippen molar-refractivity contribution < 1.29 is 0 Å².